The Bertz CT molecular complexity index is 998. The van der Waals surface area contributed by atoms with Crippen molar-refractivity contribution >= 4 is 33.1 Å². The number of ketones is 1. The molecule has 10 heteroatoms. The summed E-state index contributed by atoms with van der Waals surface area (Å²) in [7, 11) is -1.73. The number of hydrogen-bond acceptors (Lipinski definition) is 5. The lowest BCUT2D eigenvalue weighted by Crippen LogP contribution is -2.17. The molecular formula is C19H20ClF2NO5S. The van der Waals surface area contributed by atoms with Gasteiger partial charge in [0, 0.05) is 24.4 Å². The molecule has 2 aromatic rings. The van der Waals surface area contributed by atoms with Crippen LogP contribution in [0.15, 0.2) is 35.2 Å². The number of halogens is 3. The Kier molecular flexibility index (Phi) is 7.80. The van der Waals surface area contributed by atoms with Gasteiger partial charge in [0.05, 0.1) is 25.5 Å². The standard InChI is InChI=1S/C19H20ClF2NO5S/c1-27-12-6-7-16(18(9-12)28-2)23-29(25,26)19-10-13(14(21)11-15(19)22)17(24)5-3-4-8-20/h6-7,9-11,23H,3-5,8H2,1-2H3. The summed E-state index contributed by atoms with van der Waals surface area (Å²) in [4.78, 5) is 11.4. The van der Waals surface area contributed by atoms with Crippen molar-refractivity contribution in [3.8, 4) is 11.5 Å². The van der Waals surface area contributed by atoms with Crippen LogP contribution in [0, 0.1) is 11.6 Å². The van der Waals surface area contributed by atoms with Gasteiger partial charge in [-0.2, -0.15) is 0 Å². The molecule has 0 aliphatic rings. The van der Waals surface area contributed by atoms with E-state index in [9.17, 15) is 22.0 Å². The number of ether oxygens (including phenoxy) is 2. The zero-order valence-corrected chi connectivity index (χ0v) is 17.4. The topological polar surface area (TPSA) is 81.7 Å². The molecule has 2 aromatic carbocycles. The lowest BCUT2D eigenvalue weighted by Gasteiger charge is -2.14. The fourth-order valence-corrected chi connectivity index (χ4v) is 3.89. The number of methoxy groups -OCH3 is 2. The zero-order valence-electron chi connectivity index (χ0n) is 15.8. The second-order valence-electron chi connectivity index (χ2n) is 6.00. The lowest BCUT2D eigenvalue weighted by atomic mass is 10.1. The van der Waals surface area contributed by atoms with Crippen LogP contribution >= 0.6 is 11.6 Å². The van der Waals surface area contributed by atoms with E-state index in [4.69, 9.17) is 21.1 Å². The van der Waals surface area contributed by atoms with E-state index in [0.717, 1.165) is 0 Å². The highest BCUT2D eigenvalue weighted by Gasteiger charge is 2.25. The summed E-state index contributed by atoms with van der Waals surface area (Å²) in [6.45, 7) is 0. The van der Waals surface area contributed by atoms with Gasteiger partial charge in [0.2, 0.25) is 0 Å². The first-order valence-corrected chi connectivity index (χ1v) is 10.6. The Labute approximate surface area is 172 Å². The molecule has 0 fully saturated rings. The third-order valence-corrected chi connectivity index (χ3v) is 5.70. The largest absolute Gasteiger partial charge is 0.497 e. The smallest absolute Gasteiger partial charge is 0.264 e. The van der Waals surface area contributed by atoms with E-state index in [1.165, 1.54) is 32.4 Å². The SMILES string of the molecule is COc1ccc(NS(=O)(=O)c2cc(C(=O)CCCCCl)c(F)cc2F)c(OC)c1. The number of anilines is 1. The van der Waals surface area contributed by atoms with Crippen LogP contribution in [-0.4, -0.2) is 34.3 Å². The summed E-state index contributed by atoms with van der Waals surface area (Å²) in [6, 6.07) is 5.37. The predicted octanol–water partition coefficient (Wildman–Crippen LogP) is 4.37. The minimum atomic E-state index is -4.48. The fourth-order valence-electron chi connectivity index (χ4n) is 2.55. The number of carbonyl (C=O) groups is 1. The van der Waals surface area contributed by atoms with Crippen LogP contribution in [0.25, 0.3) is 0 Å². The van der Waals surface area contributed by atoms with Crippen molar-refractivity contribution in [2.45, 2.75) is 24.2 Å². The molecule has 0 saturated carbocycles. The summed E-state index contributed by atoms with van der Waals surface area (Å²) in [5, 5.41) is 0. The lowest BCUT2D eigenvalue weighted by molar-refractivity contribution is 0.0975. The number of rotatable bonds is 10. The van der Waals surface area contributed by atoms with Gasteiger partial charge in [-0.3, -0.25) is 9.52 Å². The summed E-state index contributed by atoms with van der Waals surface area (Å²) in [6.07, 6.45) is 0.914. The van der Waals surface area contributed by atoms with Crippen molar-refractivity contribution in [2.75, 3.05) is 24.8 Å². The number of benzene rings is 2. The molecule has 1 N–H and O–H groups in total. The Hall–Kier alpha value is -2.39. The van der Waals surface area contributed by atoms with Crippen LogP contribution in [0.2, 0.25) is 0 Å². The van der Waals surface area contributed by atoms with Crippen LogP contribution in [-0.2, 0) is 10.0 Å². The Balaban J connectivity index is 2.39. The minimum Gasteiger partial charge on any atom is -0.497 e. The number of hydrogen-bond donors (Lipinski definition) is 1. The van der Waals surface area contributed by atoms with E-state index in [1.54, 1.807) is 0 Å². The second-order valence-corrected chi connectivity index (χ2v) is 8.03. The van der Waals surface area contributed by atoms with Gasteiger partial charge in [-0.25, -0.2) is 17.2 Å². The molecule has 0 saturated heterocycles. The van der Waals surface area contributed by atoms with Crippen molar-refractivity contribution in [3.05, 3.63) is 47.5 Å². The van der Waals surface area contributed by atoms with Crippen LogP contribution in [0.4, 0.5) is 14.5 Å². The highest BCUT2D eigenvalue weighted by Crippen LogP contribution is 2.31. The normalized spacial score (nSPS) is 11.2. The van der Waals surface area contributed by atoms with Gasteiger partial charge in [0.1, 0.15) is 28.0 Å². The molecule has 0 bridgehead atoms. The summed E-state index contributed by atoms with van der Waals surface area (Å²) < 4.78 is 66.1. The molecule has 0 heterocycles. The van der Waals surface area contributed by atoms with Crippen molar-refractivity contribution in [1.29, 1.82) is 0 Å². The van der Waals surface area contributed by atoms with Gasteiger partial charge < -0.3 is 9.47 Å². The van der Waals surface area contributed by atoms with Crippen molar-refractivity contribution in [2.24, 2.45) is 0 Å². The van der Waals surface area contributed by atoms with E-state index in [-0.39, 0.29) is 17.9 Å². The van der Waals surface area contributed by atoms with Crippen molar-refractivity contribution in [3.63, 3.8) is 0 Å². The Morgan fingerprint density at radius 1 is 1.07 bits per heavy atom. The molecule has 0 radical (unpaired) electrons. The second kappa shape index (κ2) is 9.89. The molecule has 0 atom stereocenters. The van der Waals surface area contributed by atoms with E-state index in [2.05, 4.69) is 4.72 Å². The highest BCUT2D eigenvalue weighted by atomic mass is 35.5. The molecule has 0 amide bonds. The van der Waals surface area contributed by atoms with Gasteiger partial charge in [-0.05, 0) is 31.0 Å². The molecule has 6 nitrogen and oxygen atoms in total. The fraction of sp³-hybridized carbons (Fsp3) is 0.316. The predicted molar refractivity (Wildman–Crippen MR) is 106 cm³/mol. The molecule has 0 aromatic heterocycles. The monoisotopic (exact) mass is 447 g/mol. The van der Waals surface area contributed by atoms with Crippen LogP contribution in [0.5, 0.6) is 11.5 Å². The Morgan fingerprint density at radius 3 is 2.41 bits per heavy atom. The van der Waals surface area contributed by atoms with Crippen LogP contribution < -0.4 is 14.2 Å². The maximum atomic E-state index is 14.3. The summed E-state index contributed by atoms with van der Waals surface area (Å²) in [5.74, 6) is -2.19. The third kappa shape index (κ3) is 5.57. The molecule has 0 unspecified atom stereocenters. The quantitative estimate of drug-likeness (QED) is 0.332. The molecule has 0 spiro atoms. The first-order valence-electron chi connectivity index (χ1n) is 8.56. The minimum absolute atomic E-state index is 0.0204. The first-order chi connectivity index (χ1) is 13.7. The molecule has 0 aliphatic heterocycles. The Morgan fingerprint density at radius 2 is 1.79 bits per heavy atom. The van der Waals surface area contributed by atoms with E-state index < -0.39 is 37.9 Å². The molecule has 0 aliphatic carbocycles. The summed E-state index contributed by atoms with van der Waals surface area (Å²) >= 11 is 5.55. The number of sulfonamides is 1. The van der Waals surface area contributed by atoms with E-state index in [1.807, 2.05) is 0 Å². The zero-order chi connectivity index (χ0) is 21.6. The number of Topliss-reactive ketones (excluding diaryl/α,β-unsaturated/α-hetero) is 1. The molecular weight excluding hydrogens is 428 g/mol. The average molecular weight is 448 g/mol. The number of alkyl halides is 1. The van der Waals surface area contributed by atoms with Crippen LogP contribution in [0.1, 0.15) is 29.6 Å². The maximum Gasteiger partial charge on any atom is 0.264 e. The average Bonchev–Trinajstić information content (AvgIpc) is 2.67. The van der Waals surface area contributed by atoms with Gasteiger partial charge in [-0.15, -0.1) is 11.6 Å². The summed E-state index contributed by atoms with van der Waals surface area (Å²) in [5.41, 5.74) is -0.477. The van der Waals surface area contributed by atoms with Crippen molar-refractivity contribution < 1.29 is 31.5 Å². The van der Waals surface area contributed by atoms with Crippen molar-refractivity contribution in [1.82, 2.24) is 0 Å². The van der Waals surface area contributed by atoms with Gasteiger partial charge in [-0.1, -0.05) is 0 Å². The number of unbranched alkanes of at least 4 members (excludes halogenated alkanes) is 1. The van der Waals surface area contributed by atoms with Gasteiger partial charge in [0.25, 0.3) is 10.0 Å². The molecule has 2 rings (SSSR count). The van der Waals surface area contributed by atoms with Gasteiger partial charge >= 0.3 is 0 Å². The molecule has 158 valence electrons. The first kappa shape index (κ1) is 22.9. The highest BCUT2D eigenvalue weighted by molar-refractivity contribution is 7.92. The van der Waals surface area contributed by atoms with Gasteiger partial charge in [0.15, 0.2) is 5.78 Å². The van der Waals surface area contributed by atoms with Crippen LogP contribution in [0.3, 0.4) is 0 Å². The number of carbonyl (C=O) groups excluding carboxylic acids is 1. The van der Waals surface area contributed by atoms with E-state index >= 15 is 0 Å². The van der Waals surface area contributed by atoms with E-state index in [0.29, 0.717) is 36.6 Å². The molecule has 29 heavy (non-hydrogen) atoms. The third-order valence-electron chi connectivity index (χ3n) is 4.05. The maximum absolute atomic E-state index is 14.3. The number of nitrogens with one attached hydrogen (secondary N) is 1.